The largest absolute Gasteiger partial charge is 0.368 e. The lowest BCUT2D eigenvalue weighted by Crippen LogP contribution is -2.53. The Hall–Kier alpha value is -1.10. The normalized spacial score (nSPS) is 11.2. The number of nitrogens with zero attached hydrogens (tertiary/aromatic N) is 1. The molecule has 2 amide bonds. The monoisotopic (exact) mass is 215 g/mol. The van der Waals surface area contributed by atoms with E-state index in [9.17, 15) is 9.59 Å². The van der Waals surface area contributed by atoms with Crippen molar-refractivity contribution in [2.24, 2.45) is 11.5 Å². The van der Waals surface area contributed by atoms with Crippen molar-refractivity contribution in [2.45, 2.75) is 39.2 Å². The molecule has 0 saturated carbocycles. The highest BCUT2D eigenvalue weighted by Gasteiger charge is 2.28. The molecule has 0 saturated heterocycles. The minimum absolute atomic E-state index is 0.0561. The lowest BCUT2D eigenvalue weighted by Gasteiger charge is -2.28. The van der Waals surface area contributed by atoms with Gasteiger partial charge in [0.2, 0.25) is 11.8 Å². The van der Waals surface area contributed by atoms with Crippen LogP contribution in [0.25, 0.3) is 0 Å². The predicted molar refractivity (Wildman–Crippen MR) is 58.9 cm³/mol. The summed E-state index contributed by atoms with van der Waals surface area (Å²) < 4.78 is 0. The lowest BCUT2D eigenvalue weighted by molar-refractivity contribution is -0.139. The van der Waals surface area contributed by atoms with Crippen LogP contribution in [0.4, 0.5) is 0 Å². The van der Waals surface area contributed by atoms with E-state index in [2.05, 4.69) is 0 Å². The first-order valence-corrected chi connectivity index (χ1v) is 5.15. The first-order valence-electron chi connectivity index (χ1n) is 5.15. The standard InChI is InChI=1S/C10H21N3O2/c1-4-5-6-13(7-8(11)14)9(15)10(2,3)12/h4-7,12H2,1-3H3,(H2,11,14). The van der Waals surface area contributed by atoms with Gasteiger partial charge in [-0.15, -0.1) is 0 Å². The molecule has 5 heteroatoms. The average Bonchev–Trinajstić information content (AvgIpc) is 2.09. The number of nitrogens with two attached hydrogens (primary N) is 2. The molecule has 0 rings (SSSR count). The van der Waals surface area contributed by atoms with Gasteiger partial charge in [0.1, 0.15) is 0 Å². The van der Waals surface area contributed by atoms with Crippen molar-refractivity contribution in [3.05, 3.63) is 0 Å². The zero-order valence-electron chi connectivity index (χ0n) is 9.75. The van der Waals surface area contributed by atoms with E-state index in [1.54, 1.807) is 13.8 Å². The third-order valence-electron chi connectivity index (χ3n) is 1.97. The van der Waals surface area contributed by atoms with Crippen molar-refractivity contribution in [3.8, 4) is 0 Å². The van der Waals surface area contributed by atoms with E-state index in [4.69, 9.17) is 11.5 Å². The van der Waals surface area contributed by atoms with Gasteiger partial charge < -0.3 is 16.4 Å². The molecule has 15 heavy (non-hydrogen) atoms. The molecule has 0 radical (unpaired) electrons. The molecular formula is C10H21N3O2. The Kier molecular flexibility index (Phi) is 5.28. The molecule has 0 spiro atoms. The van der Waals surface area contributed by atoms with Crippen LogP contribution >= 0.6 is 0 Å². The number of amides is 2. The van der Waals surface area contributed by atoms with Crippen LogP contribution in [0.5, 0.6) is 0 Å². The van der Waals surface area contributed by atoms with E-state index in [1.165, 1.54) is 4.90 Å². The van der Waals surface area contributed by atoms with Gasteiger partial charge >= 0.3 is 0 Å². The zero-order chi connectivity index (χ0) is 12.1. The van der Waals surface area contributed by atoms with Gasteiger partial charge in [-0.2, -0.15) is 0 Å². The van der Waals surface area contributed by atoms with Crippen LogP contribution in [0, 0.1) is 0 Å². The summed E-state index contributed by atoms with van der Waals surface area (Å²) in [5.74, 6) is -0.751. The van der Waals surface area contributed by atoms with E-state index in [1.807, 2.05) is 6.92 Å². The van der Waals surface area contributed by atoms with Gasteiger partial charge in [-0.25, -0.2) is 0 Å². The minimum Gasteiger partial charge on any atom is -0.368 e. The Labute approximate surface area is 90.8 Å². The molecule has 5 nitrogen and oxygen atoms in total. The molecule has 0 aromatic carbocycles. The van der Waals surface area contributed by atoms with Gasteiger partial charge in [0.15, 0.2) is 0 Å². The predicted octanol–water partition coefficient (Wildman–Crippen LogP) is -0.162. The third kappa shape index (κ3) is 5.37. The number of carbonyl (C=O) groups excluding carboxylic acids is 2. The van der Waals surface area contributed by atoms with Gasteiger partial charge in [-0.3, -0.25) is 9.59 Å². The van der Waals surface area contributed by atoms with Gasteiger partial charge in [0, 0.05) is 6.54 Å². The van der Waals surface area contributed by atoms with Crippen molar-refractivity contribution < 1.29 is 9.59 Å². The molecule has 88 valence electrons. The quantitative estimate of drug-likeness (QED) is 0.645. The van der Waals surface area contributed by atoms with Crippen LogP contribution in [0.2, 0.25) is 0 Å². The summed E-state index contributed by atoms with van der Waals surface area (Å²) >= 11 is 0. The van der Waals surface area contributed by atoms with Crippen LogP contribution in [0.15, 0.2) is 0 Å². The van der Waals surface area contributed by atoms with Gasteiger partial charge in [-0.05, 0) is 20.3 Å². The summed E-state index contributed by atoms with van der Waals surface area (Å²) in [6.45, 7) is 5.73. The first-order chi connectivity index (χ1) is 6.79. The number of unbranched alkanes of at least 4 members (excludes halogenated alkanes) is 1. The van der Waals surface area contributed by atoms with Crippen molar-refractivity contribution in [1.82, 2.24) is 4.90 Å². The number of carbonyl (C=O) groups is 2. The SMILES string of the molecule is CCCCN(CC(N)=O)C(=O)C(C)(C)N. The first kappa shape index (κ1) is 13.9. The van der Waals surface area contributed by atoms with E-state index in [0.717, 1.165) is 12.8 Å². The highest BCUT2D eigenvalue weighted by Crippen LogP contribution is 2.05. The van der Waals surface area contributed by atoms with E-state index >= 15 is 0 Å². The Bertz CT molecular complexity index is 233. The van der Waals surface area contributed by atoms with Crippen LogP contribution in [0.3, 0.4) is 0 Å². The molecule has 0 heterocycles. The maximum Gasteiger partial charge on any atom is 0.242 e. The second-order valence-corrected chi connectivity index (χ2v) is 4.27. The number of hydrogen-bond acceptors (Lipinski definition) is 3. The van der Waals surface area contributed by atoms with Crippen molar-refractivity contribution in [2.75, 3.05) is 13.1 Å². The van der Waals surface area contributed by atoms with Crippen LogP contribution < -0.4 is 11.5 Å². The third-order valence-corrected chi connectivity index (χ3v) is 1.97. The van der Waals surface area contributed by atoms with Gasteiger partial charge in [0.05, 0.1) is 12.1 Å². The van der Waals surface area contributed by atoms with E-state index in [0.29, 0.717) is 6.54 Å². The van der Waals surface area contributed by atoms with Crippen LogP contribution in [0.1, 0.15) is 33.6 Å². The number of hydrogen-bond donors (Lipinski definition) is 2. The van der Waals surface area contributed by atoms with Crippen LogP contribution in [-0.2, 0) is 9.59 Å². The molecule has 0 unspecified atom stereocenters. The fraction of sp³-hybridized carbons (Fsp3) is 0.800. The zero-order valence-corrected chi connectivity index (χ0v) is 9.75. The maximum absolute atomic E-state index is 11.8. The van der Waals surface area contributed by atoms with Crippen LogP contribution in [-0.4, -0.2) is 35.3 Å². The second kappa shape index (κ2) is 5.70. The highest BCUT2D eigenvalue weighted by molar-refractivity contribution is 5.89. The van der Waals surface area contributed by atoms with Gasteiger partial charge in [-0.1, -0.05) is 13.3 Å². The van der Waals surface area contributed by atoms with Crippen molar-refractivity contribution >= 4 is 11.8 Å². The Balaban J connectivity index is 4.47. The molecule has 0 aliphatic heterocycles. The smallest absolute Gasteiger partial charge is 0.242 e. The Morgan fingerprint density at radius 1 is 1.33 bits per heavy atom. The molecular weight excluding hydrogens is 194 g/mol. The molecule has 0 aliphatic carbocycles. The summed E-state index contributed by atoms with van der Waals surface area (Å²) in [5.41, 5.74) is 9.80. The summed E-state index contributed by atoms with van der Waals surface area (Å²) in [7, 11) is 0. The minimum atomic E-state index is -0.955. The van der Waals surface area contributed by atoms with E-state index < -0.39 is 11.4 Å². The highest BCUT2D eigenvalue weighted by atomic mass is 16.2. The summed E-state index contributed by atoms with van der Waals surface area (Å²) in [4.78, 5) is 24.0. The summed E-state index contributed by atoms with van der Waals surface area (Å²) in [5, 5.41) is 0. The van der Waals surface area contributed by atoms with Crippen molar-refractivity contribution in [1.29, 1.82) is 0 Å². The lowest BCUT2D eigenvalue weighted by atomic mass is 10.1. The fourth-order valence-electron chi connectivity index (χ4n) is 1.20. The number of rotatable bonds is 6. The molecule has 0 bridgehead atoms. The molecule has 0 atom stereocenters. The fourth-order valence-corrected chi connectivity index (χ4v) is 1.20. The maximum atomic E-state index is 11.8. The van der Waals surface area contributed by atoms with Gasteiger partial charge in [0.25, 0.3) is 0 Å². The molecule has 0 aromatic rings. The molecule has 0 fully saturated rings. The Morgan fingerprint density at radius 2 is 1.87 bits per heavy atom. The summed E-state index contributed by atoms with van der Waals surface area (Å²) in [6.07, 6.45) is 1.79. The average molecular weight is 215 g/mol. The van der Waals surface area contributed by atoms with Crippen molar-refractivity contribution in [3.63, 3.8) is 0 Å². The topological polar surface area (TPSA) is 89.4 Å². The Morgan fingerprint density at radius 3 is 2.20 bits per heavy atom. The summed E-state index contributed by atoms with van der Waals surface area (Å²) in [6, 6.07) is 0. The second-order valence-electron chi connectivity index (χ2n) is 4.27. The van der Waals surface area contributed by atoms with E-state index in [-0.39, 0.29) is 12.5 Å². The number of primary amides is 1. The molecule has 0 aliphatic rings. The molecule has 0 aromatic heterocycles. The molecule has 4 N–H and O–H groups in total.